The van der Waals surface area contributed by atoms with Gasteiger partial charge in [-0.25, -0.2) is 0 Å². The quantitative estimate of drug-likeness (QED) is 0.513. The lowest BCUT2D eigenvalue weighted by Gasteiger charge is -2.20. The minimum Gasteiger partial charge on any atom is -0.394 e. The highest BCUT2D eigenvalue weighted by atomic mass is 16.3. The molecule has 10 heavy (non-hydrogen) atoms. The number of aliphatic hydroxyl groups is 2. The van der Waals surface area contributed by atoms with Gasteiger partial charge in [-0.2, -0.15) is 0 Å². The Hall–Kier alpha value is -0.120. The summed E-state index contributed by atoms with van der Waals surface area (Å²) in [4.78, 5) is 0. The maximum atomic E-state index is 9.06. The largest absolute Gasteiger partial charge is 0.394 e. The molecule has 0 heterocycles. The first-order valence-electron chi connectivity index (χ1n) is 3.63. The van der Waals surface area contributed by atoms with Crippen LogP contribution in [0, 0.1) is 0 Å². The molecule has 0 aliphatic carbocycles. The topological polar surface area (TPSA) is 52.5 Å². The molecule has 1 unspecified atom stereocenters. The van der Waals surface area contributed by atoms with E-state index in [9.17, 15) is 0 Å². The first-order chi connectivity index (χ1) is 4.57. The molecule has 0 aromatic rings. The smallest absolute Gasteiger partial charge is 0.0920 e. The Morgan fingerprint density at radius 1 is 1.30 bits per heavy atom. The standard InChI is InChI=1S/C7H17NO2/c1-5(2)8-6(3)7(10)4-9/h5-10H,4H2,1-3H3/t6?,7-/m1/s1. The molecule has 2 atom stereocenters. The van der Waals surface area contributed by atoms with Crippen molar-refractivity contribution >= 4 is 0 Å². The van der Waals surface area contributed by atoms with Crippen molar-refractivity contribution in [2.45, 2.75) is 39.0 Å². The zero-order chi connectivity index (χ0) is 8.15. The van der Waals surface area contributed by atoms with Crippen LogP contribution in [-0.4, -0.2) is 35.0 Å². The molecule has 0 aromatic carbocycles. The van der Waals surface area contributed by atoms with Crippen LogP contribution in [0.1, 0.15) is 20.8 Å². The monoisotopic (exact) mass is 147 g/mol. The molecule has 3 N–H and O–H groups in total. The van der Waals surface area contributed by atoms with Crippen LogP contribution in [0.4, 0.5) is 0 Å². The molecule has 0 spiro atoms. The minimum absolute atomic E-state index is 0.0370. The number of aliphatic hydroxyl groups excluding tert-OH is 2. The van der Waals surface area contributed by atoms with Crippen molar-refractivity contribution in [3.63, 3.8) is 0 Å². The van der Waals surface area contributed by atoms with Gasteiger partial charge in [0.2, 0.25) is 0 Å². The first kappa shape index (κ1) is 9.88. The molecule has 3 nitrogen and oxygen atoms in total. The van der Waals surface area contributed by atoms with Crippen LogP contribution in [0.25, 0.3) is 0 Å². The van der Waals surface area contributed by atoms with E-state index in [4.69, 9.17) is 10.2 Å². The summed E-state index contributed by atoms with van der Waals surface area (Å²) in [5.74, 6) is 0. The van der Waals surface area contributed by atoms with Crippen molar-refractivity contribution in [2.24, 2.45) is 0 Å². The maximum Gasteiger partial charge on any atom is 0.0920 e. The number of hydrogen-bond donors (Lipinski definition) is 3. The summed E-state index contributed by atoms with van der Waals surface area (Å²) in [5, 5.41) is 20.7. The Morgan fingerprint density at radius 3 is 2.10 bits per heavy atom. The summed E-state index contributed by atoms with van der Waals surface area (Å²) < 4.78 is 0. The van der Waals surface area contributed by atoms with Crippen molar-refractivity contribution in [3.8, 4) is 0 Å². The Morgan fingerprint density at radius 2 is 1.80 bits per heavy atom. The second-order valence-corrected chi connectivity index (χ2v) is 2.86. The molecule has 0 saturated heterocycles. The van der Waals surface area contributed by atoms with Crippen LogP contribution < -0.4 is 5.32 Å². The van der Waals surface area contributed by atoms with E-state index in [2.05, 4.69) is 5.32 Å². The van der Waals surface area contributed by atoms with Crippen molar-refractivity contribution in [1.82, 2.24) is 5.32 Å². The Kier molecular flexibility index (Phi) is 4.60. The van der Waals surface area contributed by atoms with Crippen molar-refractivity contribution in [2.75, 3.05) is 6.61 Å². The van der Waals surface area contributed by atoms with Gasteiger partial charge < -0.3 is 15.5 Å². The lowest BCUT2D eigenvalue weighted by Crippen LogP contribution is -2.42. The van der Waals surface area contributed by atoms with Crippen LogP contribution in [0.2, 0.25) is 0 Å². The van der Waals surface area contributed by atoms with Crippen LogP contribution in [-0.2, 0) is 0 Å². The summed E-state index contributed by atoms with van der Waals surface area (Å²) in [5.41, 5.74) is 0. The van der Waals surface area contributed by atoms with Crippen LogP contribution in [0.15, 0.2) is 0 Å². The third kappa shape index (κ3) is 3.82. The second-order valence-electron chi connectivity index (χ2n) is 2.86. The summed E-state index contributed by atoms with van der Waals surface area (Å²) in [6, 6.07) is 0.307. The van der Waals surface area contributed by atoms with Gasteiger partial charge in [-0.05, 0) is 6.92 Å². The third-order valence-electron chi connectivity index (χ3n) is 1.36. The average molecular weight is 147 g/mol. The fourth-order valence-corrected chi connectivity index (χ4v) is 0.795. The molecular formula is C7H17NO2. The zero-order valence-corrected chi connectivity index (χ0v) is 6.83. The van der Waals surface area contributed by atoms with Crippen LogP contribution >= 0.6 is 0 Å². The molecule has 3 heteroatoms. The fraction of sp³-hybridized carbons (Fsp3) is 1.00. The number of nitrogens with one attached hydrogen (secondary N) is 1. The van der Waals surface area contributed by atoms with Gasteiger partial charge in [-0.1, -0.05) is 13.8 Å². The molecular weight excluding hydrogens is 130 g/mol. The molecule has 0 saturated carbocycles. The van der Waals surface area contributed by atoms with Gasteiger partial charge in [0.15, 0.2) is 0 Å². The predicted molar refractivity (Wildman–Crippen MR) is 40.8 cm³/mol. The van der Waals surface area contributed by atoms with E-state index >= 15 is 0 Å². The van der Waals surface area contributed by atoms with E-state index in [1.54, 1.807) is 0 Å². The molecule has 0 aliphatic rings. The molecule has 0 aliphatic heterocycles. The SMILES string of the molecule is CC(C)NC(C)[C@H](O)CO. The van der Waals surface area contributed by atoms with Gasteiger partial charge in [0, 0.05) is 12.1 Å². The number of rotatable bonds is 4. The highest BCUT2D eigenvalue weighted by Gasteiger charge is 2.12. The summed E-state index contributed by atoms with van der Waals surface area (Å²) in [6.45, 7) is 5.67. The molecule has 0 amide bonds. The van der Waals surface area contributed by atoms with E-state index in [0.29, 0.717) is 6.04 Å². The Labute approximate surface area is 62.1 Å². The Bertz CT molecular complexity index is 85.7. The van der Waals surface area contributed by atoms with Gasteiger partial charge in [-0.15, -0.1) is 0 Å². The third-order valence-corrected chi connectivity index (χ3v) is 1.36. The average Bonchev–Trinajstić information content (AvgIpc) is 1.85. The van der Waals surface area contributed by atoms with Gasteiger partial charge in [0.05, 0.1) is 12.7 Å². The zero-order valence-electron chi connectivity index (χ0n) is 6.83. The van der Waals surface area contributed by atoms with E-state index in [1.807, 2.05) is 20.8 Å². The highest BCUT2D eigenvalue weighted by Crippen LogP contribution is 1.92. The van der Waals surface area contributed by atoms with Crippen molar-refractivity contribution in [3.05, 3.63) is 0 Å². The Balaban J connectivity index is 3.50. The molecule has 0 rings (SSSR count). The highest BCUT2D eigenvalue weighted by molar-refractivity contribution is 4.71. The van der Waals surface area contributed by atoms with Crippen LogP contribution in [0.5, 0.6) is 0 Å². The van der Waals surface area contributed by atoms with E-state index in [0.717, 1.165) is 0 Å². The summed E-state index contributed by atoms with van der Waals surface area (Å²) in [7, 11) is 0. The van der Waals surface area contributed by atoms with E-state index < -0.39 is 6.10 Å². The fourth-order valence-electron chi connectivity index (χ4n) is 0.795. The lowest BCUT2D eigenvalue weighted by molar-refractivity contribution is 0.0656. The predicted octanol–water partition coefficient (Wildman–Crippen LogP) is -0.274. The summed E-state index contributed by atoms with van der Waals surface area (Å²) >= 11 is 0. The maximum absolute atomic E-state index is 9.06. The van der Waals surface area contributed by atoms with Crippen molar-refractivity contribution in [1.29, 1.82) is 0 Å². The second kappa shape index (κ2) is 4.66. The first-order valence-corrected chi connectivity index (χ1v) is 3.63. The summed E-state index contributed by atoms with van der Waals surface area (Å²) in [6.07, 6.45) is -0.651. The molecule has 62 valence electrons. The van der Waals surface area contributed by atoms with Gasteiger partial charge in [0.25, 0.3) is 0 Å². The van der Waals surface area contributed by atoms with E-state index in [-0.39, 0.29) is 12.6 Å². The minimum atomic E-state index is -0.651. The van der Waals surface area contributed by atoms with E-state index in [1.165, 1.54) is 0 Å². The lowest BCUT2D eigenvalue weighted by atomic mass is 10.2. The van der Waals surface area contributed by atoms with Crippen LogP contribution in [0.3, 0.4) is 0 Å². The van der Waals surface area contributed by atoms with Gasteiger partial charge >= 0.3 is 0 Å². The molecule has 0 radical (unpaired) electrons. The van der Waals surface area contributed by atoms with Crippen molar-refractivity contribution < 1.29 is 10.2 Å². The van der Waals surface area contributed by atoms with Gasteiger partial charge in [0.1, 0.15) is 0 Å². The van der Waals surface area contributed by atoms with Gasteiger partial charge in [-0.3, -0.25) is 0 Å². The molecule has 0 bridgehead atoms. The number of hydrogen-bond acceptors (Lipinski definition) is 3. The molecule has 0 fully saturated rings. The normalized spacial score (nSPS) is 17.4. The molecule has 0 aromatic heterocycles.